The van der Waals surface area contributed by atoms with Crippen molar-refractivity contribution in [1.82, 2.24) is 5.32 Å². The normalized spacial score (nSPS) is 17.2. The van der Waals surface area contributed by atoms with Gasteiger partial charge in [0.1, 0.15) is 0 Å². The lowest BCUT2D eigenvalue weighted by molar-refractivity contribution is -0.145. The molecule has 0 amide bonds. The predicted octanol–water partition coefficient (Wildman–Crippen LogP) is -0.873. The second kappa shape index (κ2) is 6.75. The van der Waals surface area contributed by atoms with Crippen molar-refractivity contribution in [2.75, 3.05) is 20.3 Å². The van der Waals surface area contributed by atoms with Crippen molar-refractivity contribution < 1.29 is 19.7 Å². The minimum atomic E-state index is -0.790. The Kier molecular flexibility index (Phi) is 6.44. The van der Waals surface area contributed by atoms with Gasteiger partial charge in [-0.3, -0.25) is 4.79 Å². The van der Waals surface area contributed by atoms with Gasteiger partial charge in [0.15, 0.2) is 0 Å². The van der Waals surface area contributed by atoms with E-state index in [2.05, 4.69) is 10.1 Å². The fourth-order valence-electron chi connectivity index (χ4n) is 0.953. The molecule has 0 fully saturated rings. The maximum Gasteiger partial charge on any atom is 0.309 e. The molecule has 5 heteroatoms. The maximum absolute atomic E-state index is 11.1. The minimum Gasteiger partial charge on any atom is -0.469 e. The van der Waals surface area contributed by atoms with Gasteiger partial charge in [-0.2, -0.15) is 0 Å². The number of hydrogen-bond donors (Lipinski definition) is 3. The number of esters is 1. The molecule has 0 aromatic heterocycles. The number of hydrogen-bond acceptors (Lipinski definition) is 5. The van der Waals surface area contributed by atoms with Crippen LogP contribution >= 0.6 is 0 Å². The molecule has 0 saturated carbocycles. The molecule has 0 rings (SSSR count). The molecule has 84 valence electrons. The first-order valence-electron chi connectivity index (χ1n) is 4.63. The van der Waals surface area contributed by atoms with E-state index in [1.54, 1.807) is 6.92 Å². The molecular formula is C9H19NO4. The van der Waals surface area contributed by atoms with Gasteiger partial charge in [0.25, 0.3) is 0 Å². The largest absolute Gasteiger partial charge is 0.469 e. The number of aliphatic hydroxyl groups is 2. The van der Waals surface area contributed by atoms with Gasteiger partial charge in [0, 0.05) is 12.6 Å². The standard InChI is InChI=1S/C9H19NO4/c1-6(9(13)14-3)7(2)10-4-8(12)5-11/h6-8,10-12H,4-5H2,1-3H3. The van der Waals surface area contributed by atoms with E-state index < -0.39 is 6.10 Å². The van der Waals surface area contributed by atoms with E-state index in [0.29, 0.717) is 0 Å². The van der Waals surface area contributed by atoms with Crippen LogP contribution < -0.4 is 5.32 Å². The second-order valence-corrected chi connectivity index (χ2v) is 3.35. The van der Waals surface area contributed by atoms with Crippen LogP contribution in [0.15, 0.2) is 0 Å². The summed E-state index contributed by atoms with van der Waals surface area (Å²) in [5.41, 5.74) is 0. The van der Waals surface area contributed by atoms with Crippen molar-refractivity contribution in [3.05, 3.63) is 0 Å². The molecule has 0 aliphatic carbocycles. The molecule has 14 heavy (non-hydrogen) atoms. The first-order valence-corrected chi connectivity index (χ1v) is 4.63. The van der Waals surface area contributed by atoms with Gasteiger partial charge in [-0.05, 0) is 6.92 Å². The quantitative estimate of drug-likeness (QED) is 0.491. The highest BCUT2D eigenvalue weighted by molar-refractivity contribution is 5.72. The molecule has 0 aliphatic rings. The van der Waals surface area contributed by atoms with Gasteiger partial charge in [-0.25, -0.2) is 0 Å². The monoisotopic (exact) mass is 205 g/mol. The van der Waals surface area contributed by atoms with E-state index in [0.717, 1.165) is 0 Å². The second-order valence-electron chi connectivity index (χ2n) is 3.35. The van der Waals surface area contributed by atoms with E-state index in [-0.39, 0.29) is 31.1 Å². The van der Waals surface area contributed by atoms with Crippen molar-refractivity contribution >= 4 is 5.97 Å². The van der Waals surface area contributed by atoms with Crippen molar-refractivity contribution in [3.63, 3.8) is 0 Å². The lowest BCUT2D eigenvalue weighted by Gasteiger charge is -2.20. The first-order chi connectivity index (χ1) is 6.52. The van der Waals surface area contributed by atoms with Gasteiger partial charge in [-0.1, -0.05) is 6.92 Å². The molecule has 5 nitrogen and oxygen atoms in total. The molecule has 0 saturated heterocycles. The lowest BCUT2D eigenvalue weighted by Crippen LogP contribution is -2.41. The van der Waals surface area contributed by atoms with Gasteiger partial charge in [0.2, 0.25) is 0 Å². The van der Waals surface area contributed by atoms with Gasteiger partial charge in [0.05, 0.1) is 25.7 Å². The Labute approximate surface area is 84.1 Å². The van der Waals surface area contributed by atoms with E-state index in [9.17, 15) is 4.79 Å². The average molecular weight is 205 g/mol. The molecule has 0 radical (unpaired) electrons. The maximum atomic E-state index is 11.1. The molecule has 3 atom stereocenters. The van der Waals surface area contributed by atoms with Crippen LogP contribution in [0, 0.1) is 5.92 Å². The zero-order valence-corrected chi connectivity index (χ0v) is 8.86. The van der Waals surface area contributed by atoms with Crippen molar-refractivity contribution in [2.45, 2.75) is 26.0 Å². The molecule has 3 N–H and O–H groups in total. The van der Waals surface area contributed by atoms with Crippen LogP contribution in [0.1, 0.15) is 13.8 Å². The van der Waals surface area contributed by atoms with Gasteiger partial charge in [-0.15, -0.1) is 0 Å². The molecule has 0 aromatic carbocycles. The fraction of sp³-hybridized carbons (Fsp3) is 0.889. The Morgan fingerprint density at radius 3 is 2.50 bits per heavy atom. The summed E-state index contributed by atoms with van der Waals surface area (Å²) in [5.74, 6) is -0.561. The third-order valence-electron chi connectivity index (χ3n) is 2.21. The SMILES string of the molecule is COC(=O)C(C)C(C)NCC(O)CO. The number of ether oxygens (including phenoxy) is 1. The highest BCUT2D eigenvalue weighted by Gasteiger charge is 2.20. The first kappa shape index (κ1) is 13.4. The summed E-state index contributed by atoms with van der Waals surface area (Å²) < 4.78 is 4.58. The average Bonchev–Trinajstić information content (AvgIpc) is 2.22. The van der Waals surface area contributed by atoms with E-state index in [1.165, 1.54) is 7.11 Å². The topological polar surface area (TPSA) is 78.8 Å². The van der Waals surface area contributed by atoms with Crippen LogP contribution in [0.2, 0.25) is 0 Å². The number of carbonyl (C=O) groups excluding carboxylic acids is 1. The molecule has 0 heterocycles. The number of methoxy groups -OCH3 is 1. The Morgan fingerprint density at radius 2 is 2.07 bits per heavy atom. The molecule has 0 aromatic rings. The number of rotatable bonds is 6. The van der Waals surface area contributed by atoms with Crippen LogP contribution in [-0.2, 0) is 9.53 Å². The summed E-state index contributed by atoms with van der Waals surface area (Å²) >= 11 is 0. The molecule has 0 bridgehead atoms. The van der Waals surface area contributed by atoms with E-state index in [4.69, 9.17) is 10.2 Å². The number of carbonyl (C=O) groups is 1. The molecule has 3 unspecified atom stereocenters. The zero-order chi connectivity index (χ0) is 11.1. The van der Waals surface area contributed by atoms with Crippen molar-refractivity contribution in [2.24, 2.45) is 5.92 Å². The third-order valence-corrected chi connectivity index (χ3v) is 2.21. The summed E-state index contributed by atoms with van der Waals surface area (Å²) in [5, 5.41) is 20.6. The summed E-state index contributed by atoms with van der Waals surface area (Å²) in [6.07, 6.45) is -0.790. The van der Waals surface area contributed by atoms with Crippen LogP contribution in [0.4, 0.5) is 0 Å². The number of nitrogens with one attached hydrogen (secondary N) is 1. The predicted molar refractivity (Wildman–Crippen MR) is 51.7 cm³/mol. The Hall–Kier alpha value is -0.650. The van der Waals surface area contributed by atoms with Gasteiger partial charge >= 0.3 is 5.97 Å². The smallest absolute Gasteiger partial charge is 0.309 e. The van der Waals surface area contributed by atoms with Crippen LogP contribution in [0.5, 0.6) is 0 Å². The van der Waals surface area contributed by atoms with Crippen molar-refractivity contribution in [1.29, 1.82) is 0 Å². The minimum absolute atomic E-state index is 0.0938. The summed E-state index contributed by atoms with van der Waals surface area (Å²) in [4.78, 5) is 11.1. The van der Waals surface area contributed by atoms with E-state index in [1.807, 2.05) is 6.92 Å². The van der Waals surface area contributed by atoms with Crippen LogP contribution in [0.25, 0.3) is 0 Å². The molecule has 0 aliphatic heterocycles. The van der Waals surface area contributed by atoms with Crippen molar-refractivity contribution in [3.8, 4) is 0 Å². The fourth-order valence-corrected chi connectivity index (χ4v) is 0.953. The third kappa shape index (κ3) is 4.55. The summed E-state index contributed by atoms with van der Waals surface area (Å²) in [7, 11) is 1.34. The highest BCUT2D eigenvalue weighted by atomic mass is 16.5. The highest BCUT2D eigenvalue weighted by Crippen LogP contribution is 2.04. The summed E-state index contributed by atoms with van der Waals surface area (Å²) in [6, 6.07) is -0.0938. The Morgan fingerprint density at radius 1 is 1.50 bits per heavy atom. The van der Waals surface area contributed by atoms with E-state index >= 15 is 0 Å². The Bertz CT molecular complexity index is 174. The number of aliphatic hydroxyl groups excluding tert-OH is 2. The van der Waals surface area contributed by atoms with Crippen LogP contribution in [-0.4, -0.2) is 48.6 Å². The Balaban J connectivity index is 3.83. The zero-order valence-electron chi connectivity index (χ0n) is 8.86. The van der Waals surface area contributed by atoms with Crippen LogP contribution in [0.3, 0.4) is 0 Å². The summed E-state index contributed by atoms with van der Waals surface area (Å²) in [6.45, 7) is 3.55. The molecular weight excluding hydrogens is 186 g/mol. The molecule has 0 spiro atoms. The van der Waals surface area contributed by atoms with Gasteiger partial charge < -0.3 is 20.3 Å². The lowest BCUT2D eigenvalue weighted by atomic mass is 10.0.